The Morgan fingerprint density at radius 2 is 1.46 bits per heavy atom. The van der Waals surface area contributed by atoms with Gasteiger partial charge in [-0.15, -0.1) is 0 Å². The molecule has 0 saturated carbocycles. The molecule has 3 rings (SSSR count). The van der Waals surface area contributed by atoms with Gasteiger partial charge < -0.3 is 9.73 Å². The normalized spacial score (nSPS) is 11.3. The molecule has 3 N–H and O–H groups in total. The van der Waals surface area contributed by atoms with E-state index in [0.717, 1.165) is 5.56 Å². The van der Waals surface area contributed by atoms with Crippen LogP contribution in [0.3, 0.4) is 0 Å². The number of hydrogen-bond acceptors (Lipinski definition) is 4. The molecule has 3 amide bonds. The van der Waals surface area contributed by atoms with Crippen molar-refractivity contribution in [1.82, 2.24) is 16.2 Å². The van der Waals surface area contributed by atoms with Crippen LogP contribution in [0.1, 0.15) is 26.5 Å². The minimum absolute atomic E-state index is 0.0965. The molecule has 0 aliphatic heterocycles. The Kier molecular flexibility index (Phi) is 6.20. The van der Waals surface area contributed by atoms with Crippen LogP contribution < -0.4 is 16.2 Å². The molecule has 1 heterocycles. The van der Waals surface area contributed by atoms with Gasteiger partial charge in [0.25, 0.3) is 17.7 Å². The topological polar surface area (TPSA) is 100 Å². The summed E-state index contributed by atoms with van der Waals surface area (Å²) < 4.78 is 5.07. The van der Waals surface area contributed by atoms with Crippen molar-refractivity contribution >= 4 is 17.7 Å². The molecule has 142 valence electrons. The molecule has 0 bridgehead atoms. The molecule has 0 fully saturated rings. The van der Waals surface area contributed by atoms with Crippen molar-refractivity contribution in [2.75, 3.05) is 0 Å². The van der Waals surface area contributed by atoms with Gasteiger partial charge in [0.1, 0.15) is 6.04 Å². The van der Waals surface area contributed by atoms with Crippen molar-refractivity contribution in [2.24, 2.45) is 0 Å². The minimum Gasteiger partial charge on any atom is -0.459 e. The second-order valence-electron chi connectivity index (χ2n) is 6.00. The Hall–Kier alpha value is -3.87. The predicted octanol–water partition coefficient (Wildman–Crippen LogP) is 2.08. The fourth-order valence-corrected chi connectivity index (χ4v) is 2.56. The highest BCUT2D eigenvalue weighted by Gasteiger charge is 2.23. The molecule has 0 spiro atoms. The van der Waals surface area contributed by atoms with Crippen LogP contribution in [0.5, 0.6) is 0 Å². The Balaban J connectivity index is 1.67. The van der Waals surface area contributed by atoms with Gasteiger partial charge >= 0.3 is 0 Å². The summed E-state index contributed by atoms with van der Waals surface area (Å²) in [7, 11) is 0. The number of amides is 3. The summed E-state index contributed by atoms with van der Waals surface area (Å²) in [6.45, 7) is 0. The zero-order valence-electron chi connectivity index (χ0n) is 14.9. The van der Waals surface area contributed by atoms with E-state index in [2.05, 4.69) is 16.2 Å². The third-order valence-electron chi connectivity index (χ3n) is 3.98. The van der Waals surface area contributed by atoms with Crippen molar-refractivity contribution in [1.29, 1.82) is 0 Å². The maximum absolute atomic E-state index is 12.6. The third kappa shape index (κ3) is 5.07. The molecule has 1 atom stereocenters. The van der Waals surface area contributed by atoms with Crippen molar-refractivity contribution in [3.05, 3.63) is 95.9 Å². The number of hydrogen-bond donors (Lipinski definition) is 3. The third-order valence-corrected chi connectivity index (χ3v) is 3.98. The zero-order valence-corrected chi connectivity index (χ0v) is 14.9. The highest BCUT2D eigenvalue weighted by molar-refractivity contribution is 5.98. The lowest BCUT2D eigenvalue weighted by atomic mass is 10.1. The second kappa shape index (κ2) is 9.18. The molecule has 2 aromatic carbocycles. The summed E-state index contributed by atoms with van der Waals surface area (Å²) in [5.74, 6) is -1.42. The molecule has 0 unspecified atom stereocenters. The second-order valence-corrected chi connectivity index (χ2v) is 6.00. The average molecular weight is 377 g/mol. The van der Waals surface area contributed by atoms with Crippen LogP contribution in [0, 0.1) is 0 Å². The van der Waals surface area contributed by atoms with E-state index < -0.39 is 23.8 Å². The highest BCUT2D eigenvalue weighted by atomic mass is 16.3. The van der Waals surface area contributed by atoms with Crippen LogP contribution in [0.15, 0.2) is 83.5 Å². The molecule has 28 heavy (non-hydrogen) atoms. The molecule has 0 aliphatic carbocycles. The summed E-state index contributed by atoms with van der Waals surface area (Å²) in [5, 5.41) is 2.64. The Bertz CT molecular complexity index is 925. The smallest absolute Gasteiger partial charge is 0.287 e. The summed E-state index contributed by atoms with van der Waals surface area (Å²) >= 11 is 0. The van der Waals surface area contributed by atoms with E-state index in [1.807, 2.05) is 30.3 Å². The van der Waals surface area contributed by atoms with Gasteiger partial charge in [-0.25, -0.2) is 0 Å². The van der Waals surface area contributed by atoms with Gasteiger partial charge in [-0.2, -0.15) is 0 Å². The van der Waals surface area contributed by atoms with Gasteiger partial charge in [-0.3, -0.25) is 25.2 Å². The van der Waals surface area contributed by atoms with Crippen molar-refractivity contribution < 1.29 is 18.8 Å². The summed E-state index contributed by atoms with van der Waals surface area (Å²) in [6.07, 6.45) is 1.63. The van der Waals surface area contributed by atoms with Crippen LogP contribution in [-0.4, -0.2) is 23.8 Å². The molecular weight excluding hydrogens is 358 g/mol. The van der Waals surface area contributed by atoms with Crippen molar-refractivity contribution in [3.8, 4) is 0 Å². The molecule has 0 radical (unpaired) electrons. The molecular formula is C21H19N3O4. The number of benzene rings is 2. The zero-order chi connectivity index (χ0) is 19.8. The van der Waals surface area contributed by atoms with Crippen LogP contribution in [0.25, 0.3) is 0 Å². The fraction of sp³-hybridized carbons (Fsp3) is 0.0952. The number of carbonyl (C=O) groups excluding carboxylic acids is 3. The predicted molar refractivity (Wildman–Crippen MR) is 102 cm³/mol. The first-order valence-electron chi connectivity index (χ1n) is 8.67. The number of furan rings is 1. The van der Waals surface area contributed by atoms with E-state index in [1.165, 1.54) is 12.3 Å². The SMILES string of the molecule is O=C(NNC(=O)[C@H](Cc1ccccc1)NC(=O)c1ccco1)c1ccccc1. The number of hydrazine groups is 1. The molecule has 1 aromatic heterocycles. The maximum Gasteiger partial charge on any atom is 0.287 e. The Labute approximate surface area is 161 Å². The largest absolute Gasteiger partial charge is 0.459 e. The van der Waals surface area contributed by atoms with Crippen LogP contribution in [0.4, 0.5) is 0 Å². The van der Waals surface area contributed by atoms with Gasteiger partial charge in [0.15, 0.2) is 5.76 Å². The lowest BCUT2D eigenvalue weighted by Gasteiger charge is -2.18. The number of nitrogens with one attached hydrogen (secondary N) is 3. The monoisotopic (exact) mass is 377 g/mol. The standard InChI is InChI=1S/C21H19N3O4/c25-19(16-10-5-2-6-11-16)23-24-20(26)17(14-15-8-3-1-4-9-15)22-21(27)18-12-7-13-28-18/h1-13,17H,14H2,(H,22,27)(H,23,25)(H,24,26)/t17-/m0/s1. The van der Waals surface area contributed by atoms with E-state index in [0.29, 0.717) is 5.56 Å². The summed E-state index contributed by atoms with van der Waals surface area (Å²) in [4.78, 5) is 37.0. The van der Waals surface area contributed by atoms with E-state index in [-0.39, 0.29) is 12.2 Å². The quantitative estimate of drug-likeness (QED) is 0.573. The van der Waals surface area contributed by atoms with Gasteiger partial charge in [-0.05, 0) is 29.8 Å². The molecule has 0 saturated heterocycles. The molecule has 7 nitrogen and oxygen atoms in total. The first-order valence-corrected chi connectivity index (χ1v) is 8.67. The van der Waals surface area contributed by atoms with Crippen LogP contribution in [0.2, 0.25) is 0 Å². The van der Waals surface area contributed by atoms with Crippen molar-refractivity contribution in [2.45, 2.75) is 12.5 Å². The van der Waals surface area contributed by atoms with Crippen LogP contribution in [-0.2, 0) is 11.2 Å². The van der Waals surface area contributed by atoms with Gasteiger partial charge in [0, 0.05) is 12.0 Å². The first kappa shape index (κ1) is 18.9. The average Bonchev–Trinajstić information content (AvgIpc) is 3.28. The fourth-order valence-electron chi connectivity index (χ4n) is 2.56. The van der Waals surface area contributed by atoms with Gasteiger partial charge in [0.05, 0.1) is 6.26 Å². The summed E-state index contributed by atoms with van der Waals surface area (Å²) in [5.41, 5.74) is 5.99. The molecule has 7 heteroatoms. The lowest BCUT2D eigenvalue weighted by Crippen LogP contribution is -2.53. The van der Waals surface area contributed by atoms with E-state index in [1.54, 1.807) is 36.4 Å². The summed E-state index contributed by atoms with van der Waals surface area (Å²) in [6, 6.07) is 19.9. The molecule has 3 aromatic rings. The van der Waals surface area contributed by atoms with Crippen LogP contribution >= 0.6 is 0 Å². The highest BCUT2D eigenvalue weighted by Crippen LogP contribution is 2.06. The van der Waals surface area contributed by atoms with E-state index in [4.69, 9.17) is 4.42 Å². The minimum atomic E-state index is -0.906. The van der Waals surface area contributed by atoms with E-state index in [9.17, 15) is 14.4 Å². The number of rotatable bonds is 6. The Morgan fingerprint density at radius 1 is 0.786 bits per heavy atom. The first-order chi connectivity index (χ1) is 13.6. The number of carbonyl (C=O) groups is 3. The van der Waals surface area contributed by atoms with E-state index >= 15 is 0 Å². The molecule has 0 aliphatic rings. The van der Waals surface area contributed by atoms with Gasteiger partial charge in [0.2, 0.25) is 0 Å². The maximum atomic E-state index is 12.6. The Morgan fingerprint density at radius 3 is 2.11 bits per heavy atom. The lowest BCUT2D eigenvalue weighted by molar-refractivity contribution is -0.123. The van der Waals surface area contributed by atoms with Gasteiger partial charge in [-0.1, -0.05) is 48.5 Å². The van der Waals surface area contributed by atoms with Crippen molar-refractivity contribution in [3.63, 3.8) is 0 Å².